The highest BCUT2D eigenvalue weighted by Gasteiger charge is 2.07. The summed E-state index contributed by atoms with van der Waals surface area (Å²) in [7, 11) is -3.92. The molecule has 1 aliphatic rings. The van der Waals surface area contributed by atoms with E-state index in [-0.39, 0.29) is 5.91 Å². The fraction of sp³-hybridized carbons (Fsp3) is 0.447. The van der Waals surface area contributed by atoms with Crippen molar-refractivity contribution in [2.75, 3.05) is 11.6 Å². The number of unbranched alkanes of at least 4 members (excludes halogenated alkanes) is 14. The predicted molar refractivity (Wildman–Crippen MR) is 229 cm³/mol. The summed E-state index contributed by atoms with van der Waals surface area (Å²) in [5.41, 5.74) is 7.88. The molecule has 0 spiro atoms. The van der Waals surface area contributed by atoms with Crippen molar-refractivity contribution in [1.29, 1.82) is 0 Å². The van der Waals surface area contributed by atoms with Crippen LogP contribution in [0.5, 0.6) is 0 Å². The first kappa shape index (κ1) is 46.1. The van der Waals surface area contributed by atoms with E-state index >= 15 is 0 Å². The number of hydrogen-bond donors (Lipinski definition) is 2. The maximum absolute atomic E-state index is 12.5. The number of amides is 1. The van der Waals surface area contributed by atoms with E-state index in [0.717, 1.165) is 47.5 Å². The molecule has 0 saturated heterocycles. The Kier molecular flexibility index (Phi) is 24.2. The average Bonchev–Trinajstić information content (AvgIpc) is 3.16. The van der Waals surface area contributed by atoms with Crippen LogP contribution in [0.3, 0.4) is 0 Å². The van der Waals surface area contributed by atoms with Gasteiger partial charge in [0.25, 0.3) is 0 Å². The van der Waals surface area contributed by atoms with Gasteiger partial charge in [-0.25, -0.2) is 13.4 Å². The van der Waals surface area contributed by atoms with Crippen molar-refractivity contribution in [1.82, 2.24) is 0 Å². The minimum absolute atomic E-state index is 0.116. The summed E-state index contributed by atoms with van der Waals surface area (Å²) in [6.07, 6.45) is 32.8. The van der Waals surface area contributed by atoms with E-state index in [4.69, 9.17) is 13.0 Å². The Morgan fingerprint density at radius 2 is 1.11 bits per heavy atom. The third-order valence-electron chi connectivity index (χ3n) is 8.94. The zero-order valence-electron chi connectivity index (χ0n) is 33.5. The molecule has 1 amide bonds. The van der Waals surface area contributed by atoms with Gasteiger partial charge in [-0.15, -0.1) is 0 Å². The summed E-state index contributed by atoms with van der Waals surface area (Å²) in [4.78, 5) is 16.0. The van der Waals surface area contributed by atoms with Gasteiger partial charge in [0, 0.05) is 42.6 Å². The highest BCUT2D eigenvalue weighted by atomic mass is 32.2. The van der Waals surface area contributed by atoms with Gasteiger partial charge >= 0.3 is 0 Å². The summed E-state index contributed by atoms with van der Waals surface area (Å²) in [5.74, 6) is 0.116. The van der Waals surface area contributed by atoms with Crippen LogP contribution >= 0.6 is 0 Å². The lowest BCUT2D eigenvalue weighted by Gasteiger charge is -2.07. The number of allylic oxidation sites excluding steroid dienone is 5. The first-order chi connectivity index (χ1) is 26.2. The molecule has 7 heteroatoms. The molecule has 0 fully saturated rings. The highest BCUT2D eigenvalue weighted by Crippen LogP contribution is 2.17. The van der Waals surface area contributed by atoms with Gasteiger partial charge in [0.15, 0.2) is 0 Å². The summed E-state index contributed by atoms with van der Waals surface area (Å²) < 4.78 is 27.2. The smallest absolute Gasteiger partial charge is 0.224 e. The monoisotopic (exact) mass is 754 g/mol. The molecule has 0 bridgehead atoms. The van der Waals surface area contributed by atoms with Crippen molar-refractivity contribution in [3.8, 4) is 0 Å². The van der Waals surface area contributed by atoms with Crippen molar-refractivity contribution >= 4 is 39.2 Å². The lowest BCUT2D eigenvalue weighted by atomic mass is 10.0. The number of anilines is 1. The maximum atomic E-state index is 12.5. The largest absolute Gasteiger partial charge is 0.748 e. The highest BCUT2D eigenvalue weighted by molar-refractivity contribution is 7.84. The van der Waals surface area contributed by atoms with Gasteiger partial charge in [0.05, 0.1) is 10.1 Å². The fourth-order valence-corrected chi connectivity index (χ4v) is 6.10. The Balaban J connectivity index is 0.00000133. The number of carbonyl (C=O) groups excluding carboxylic acids is 1. The molecule has 0 heterocycles. The predicted octanol–water partition coefficient (Wildman–Crippen LogP) is 11.0. The van der Waals surface area contributed by atoms with Crippen LogP contribution in [0.4, 0.5) is 11.4 Å². The second kappa shape index (κ2) is 28.4. The molecule has 6 nitrogen and oxygen atoms in total. The Bertz CT molecular complexity index is 1650. The molecular weight excluding hydrogens is 689 g/mol. The van der Waals surface area contributed by atoms with E-state index < -0.39 is 10.1 Å². The molecule has 1 aliphatic carbocycles. The Morgan fingerprint density at radius 1 is 0.648 bits per heavy atom. The molecule has 0 saturated carbocycles. The standard InChI is InChI=1S/C44H56N2O.C2H6.CH4O3S/c1-2-3-4-5-6-7-8-9-10-11-12-13-14-15-19-22-44(47)46-43-33-27-40(28-34-43)36-39-25-31-42(32-26-39)45-41-29-23-38(24-30-41)35-37-20-17-16-18-21-37;1-2;1-5(2,3)4/h16-18,20-21,23-34,36H,2-15,19,22,35H2,1H3,(H,46,47);1-2H3;1H3,(H,2,3,4). The van der Waals surface area contributed by atoms with Crippen LogP contribution in [0.2, 0.25) is 0 Å². The first-order valence-electron chi connectivity index (χ1n) is 20.3. The van der Waals surface area contributed by atoms with Gasteiger partial charge in [0.1, 0.15) is 0 Å². The molecule has 54 heavy (non-hydrogen) atoms. The van der Waals surface area contributed by atoms with Crippen LogP contribution in [0.15, 0.2) is 109 Å². The summed E-state index contributed by atoms with van der Waals surface area (Å²) in [6.45, 7) is 6.28. The first-order valence-corrected chi connectivity index (χ1v) is 22.1. The van der Waals surface area contributed by atoms with Gasteiger partial charge in [-0.05, 0) is 65.5 Å². The Labute approximate surface area is 327 Å². The lowest BCUT2D eigenvalue weighted by Crippen LogP contribution is -2.65. The van der Waals surface area contributed by atoms with Gasteiger partial charge in [-0.1, -0.05) is 165 Å². The zero-order valence-corrected chi connectivity index (χ0v) is 34.3. The van der Waals surface area contributed by atoms with E-state index in [2.05, 4.69) is 114 Å². The number of carbonyl (C=O) groups is 1. The van der Waals surface area contributed by atoms with Crippen molar-refractivity contribution in [2.45, 2.75) is 130 Å². The van der Waals surface area contributed by atoms with Gasteiger partial charge in [-0.3, -0.25) is 4.79 Å². The number of nitrogens with one attached hydrogen (secondary N) is 2. The third-order valence-corrected chi connectivity index (χ3v) is 8.94. The summed E-state index contributed by atoms with van der Waals surface area (Å²) >= 11 is 0. The normalized spacial score (nSPS) is 11.9. The van der Waals surface area contributed by atoms with Crippen LogP contribution in [0, 0.1) is 0 Å². The van der Waals surface area contributed by atoms with Gasteiger partial charge in [-0.2, -0.15) is 0 Å². The third kappa shape index (κ3) is 23.6. The summed E-state index contributed by atoms with van der Waals surface area (Å²) in [6, 6.07) is 27.3. The minimum atomic E-state index is -3.92. The van der Waals surface area contributed by atoms with E-state index in [1.807, 2.05) is 26.0 Å². The SMILES string of the molecule is CC.CCCCCCCCCCCCCCCCCC(=O)Nc1ccc(C=C2C=CC(=[NH+]c3ccc(Cc4ccccc4)cc3)C=C2)cc1.CS(=O)(=O)[O-]. The average molecular weight is 755 g/mol. The second-order valence-corrected chi connectivity index (χ2v) is 15.2. The van der Waals surface area contributed by atoms with Crippen LogP contribution in [0.1, 0.15) is 140 Å². The van der Waals surface area contributed by atoms with Crippen molar-refractivity contribution in [2.24, 2.45) is 0 Å². The fourth-order valence-electron chi connectivity index (χ4n) is 6.10. The second-order valence-electron chi connectivity index (χ2n) is 13.8. The molecule has 0 aromatic heterocycles. The Morgan fingerprint density at radius 3 is 1.61 bits per heavy atom. The summed E-state index contributed by atoms with van der Waals surface area (Å²) in [5, 5.41) is 3.07. The molecular formula is C47H66N2O4S. The van der Waals surface area contributed by atoms with Crippen molar-refractivity contribution in [3.63, 3.8) is 0 Å². The van der Waals surface area contributed by atoms with Crippen molar-refractivity contribution < 1.29 is 22.8 Å². The van der Waals surface area contributed by atoms with Crippen LogP contribution in [0.25, 0.3) is 6.08 Å². The van der Waals surface area contributed by atoms with E-state index in [9.17, 15) is 4.79 Å². The number of rotatable bonds is 21. The van der Waals surface area contributed by atoms with Gasteiger partial charge < -0.3 is 9.87 Å². The van der Waals surface area contributed by atoms with Gasteiger partial charge in [0.2, 0.25) is 17.3 Å². The van der Waals surface area contributed by atoms with Crippen LogP contribution in [-0.4, -0.2) is 30.8 Å². The van der Waals surface area contributed by atoms with E-state index in [1.54, 1.807) is 0 Å². The topological polar surface area (TPSA) is 100 Å². The van der Waals surface area contributed by atoms with Crippen LogP contribution < -0.4 is 10.3 Å². The Hall–Kier alpha value is -4.07. The maximum Gasteiger partial charge on any atom is 0.224 e. The molecule has 0 radical (unpaired) electrons. The van der Waals surface area contributed by atoms with E-state index in [1.165, 1.54) is 94.6 Å². The number of benzene rings is 3. The zero-order chi connectivity index (χ0) is 39.3. The van der Waals surface area contributed by atoms with Crippen LogP contribution in [-0.2, 0) is 21.3 Å². The number of hydrogen-bond acceptors (Lipinski definition) is 4. The molecule has 3 aromatic carbocycles. The molecule has 0 atom stereocenters. The van der Waals surface area contributed by atoms with E-state index in [0.29, 0.717) is 12.7 Å². The molecule has 2 N–H and O–H groups in total. The molecule has 3 aromatic rings. The molecule has 0 aliphatic heterocycles. The molecule has 4 rings (SSSR count). The quantitative estimate of drug-likeness (QED) is 0.0835. The van der Waals surface area contributed by atoms with Crippen molar-refractivity contribution in [3.05, 3.63) is 125 Å². The molecule has 0 unspecified atom stereocenters. The molecule has 294 valence electrons. The lowest BCUT2D eigenvalue weighted by molar-refractivity contribution is -0.351. The minimum Gasteiger partial charge on any atom is -0.748 e.